The van der Waals surface area contributed by atoms with E-state index in [1.165, 1.54) is 45.9 Å². The van der Waals surface area contributed by atoms with E-state index in [2.05, 4.69) is 104 Å². The van der Waals surface area contributed by atoms with E-state index < -0.39 is 29.0 Å². The standard InChI is InChI=1S/C47H69NO4/c1-28(2)46(15,43(50)51)38-21-22-39(31(5)27-38)42(49)32(6)26-33(7)48-25-24-45(14,44(12,13)37(48)11)47(52-16,40-19-17-18-29(3)35(40)9)41-23-20-30(4)34(8)36(41)10/h17-23,27-28,32-33,37,42,49H,24-26H2,1-16H3,(H,50,51)/i21D,22D,27D. The number of aliphatic hydroxyl groups excluding tert-OH is 1. The van der Waals surface area contributed by atoms with Crippen molar-refractivity contribution in [2.24, 2.45) is 22.7 Å². The molecule has 7 atom stereocenters. The zero-order valence-corrected chi connectivity index (χ0v) is 35.1. The Bertz CT molecular complexity index is 1910. The van der Waals surface area contributed by atoms with Gasteiger partial charge in [-0.1, -0.05) is 90.0 Å². The summed E-state index contributed by atoms with van der Waals surface area (Å²) in [6, 6.07) is 10.7. The first-order valence-corrected chi connectivity index (χ1v) is 19.3. The number of carbonyl (C=O) groups is 1. The van der Waals surface area contributed by atoms with Crippen LogP contribution in [-0.4, -0.2) is 46.8 Å². The number of aliphatic carboxylic acids is 1. The predicted molar refractivity (Wildman–Crippen MR) is 216 cm³/mol. The van der Waals surface area contributed by atoms with Crippen LogP contribution >= 0.6 is 0 Å². The number of methoxy groups -OCH3 is 1. The first-order valence-electron chi connectivity index (χ1n) is 20.8. The zero-order chi connectivity index (χ0) is 41.9. The summed E-state index contributed by atoms with van der Waals surface area (Å²) in [5, 5.41) is 22.1. The highest BCUT2D eigenvalue weighted by Crippen LogP contribution is 2.63. The summed E-state index contributed by atoms with van der Waals surface area (Å²) < 4.78 is 34.0. The molecule has 3 aromatic carbocycles. The highest BCUT2D eigenvalue weighted by atomic mass is 16.5. The molecule has 0 aliphatic carbocycles. The number of hydrogen-bond acceptors (Lipinski definition) is 4. The smallest absolute Gasteiger partial charge is 0.314 e. The Morgan fingerprint density at radius 1 is 0.942 bits per heavy atom. The molecule has 1 aliphatic heterocycles. The number of likely N-dealkylation sites (tertiary alicyclic amines) is 1. The lowest BCUT2D eigenvalue weighted by atomic mass is 9.48. The van der Waals surface area contributed by atoms with E-state index in [4.69, 9.17) is 8.85 Å². The first kappa shape index (κ1) is 37.3. The number of rotatable bonds is 12. The number of nitrogens with zero attached hydrogens (tertiary/aromatic N) is 1. The van der Waals surface area contributed by atoms with Gasteiger partial charge in [0.15, 0.2) is 0 Å². The minimum absolute atomic E-state index is 0.0332. The van der Waals surface area contributed by atoms with Gasteiger partial charge in [-0.2, -0.15) is 0 Å². The monoisotopic (exact) mass is 715 g/mol. The number of aryl methyl sites for hydroxylation is 2. The molecule has 1 heterocycles. The zero-order valence-electron chi connectivity index (χ0n) is 38.1. The minimum atomic E-state index is -1.51. The normalized spacial score (nSPS) is 24.3. The topological polar surface area (TPSA) is 70.0 Å². The largest absolute Gasteiger partial charge is 0.481 e. The number of carboxylic acid groups (broad SMARTS) is 1. The third-order valence-electron chi connectivity index (χ3n) is 14.6. The van der Waals surface area contributed by atoms with Crippen molar-refractivity contribution in [1.82, 2.24) is 4.90 Å². The van der Waals surface area contributed by atoms with Crippen molar-refractivity contribution < 1.29 is 23.9 Å². The fourth-order valence-electron chi connectivity index (χ4n) is 9.43. The molecule has 1 fully saturated rings. The van der Waals surface area contributed by atoms with Gasteiger partial charge >= 0.3 is 5.97 Å². The third-order valence-corrected chi connectivity index (χ3v) is 14.6. The average molecular weight is 715 g/mol. The van der Waals surface area contributed by atoms with Gasteiger partial charge in [0.25, 0.3) is 0 Å². The van der Waals surface area contributed by atoms with Crippen molar-refractivity contribution in [2.75, 3.05) is 13.7 Å². The quantitative estimate of drug-likeness (QED) is 0.195. The molecule has 1 saturated heterocycles. The predicted octanol–water partition coefficient (Wildman–Crippen LogP) is 10.7. The van der Waals surface area contributed by atoms with Gasteiger partial charge in [-0.15, -0.1) is 0 Å². The van der Waals surface area contributed by atoms with E-state index in [1.807, 2.05) is 14.0 Å². The molecule has 5 heteroatoms. The fraction of sp³-hybridized carbons (Fsp3) is 0.596. The van der Waals surface area contributed by atoms with E-state index in [0.29, 0.717) is 12.0 Å². The molecule has 286 valence electrons. The van der Waals surface area contributed by atoms with Crippen LogP contribution in [0.2, 0.25) is 0 Å². The lowest BCUT2D eigenvalue weighted by Crippen LogP contribution is -2.66. The molecule has 7 unspecified atom stereocenters. The lowest BCUT2D eigenvalue weighted by Gasteiger charge is -2.64. The van der Waals surface area contributed by atoms with Crippen LogP contribution in [0.1, 0.15) is 141 Å². The molecule has 0 aromatic heterocycles. The van der Waals surface area contributed by atoms with E-state index in [-0.39, 0.29) is 58.1 Å². The van der Waals surface area contributed by atoms with Gasteiger partial charge in [-0.3, -0.25) is 9.69 Å². The Balaban J connectivity index is 1.75. The van der Waals surface area contributed by atoms with Crippen molar-refractivity contribution in [3.63, 3.8) is 0 Å². The van der Waals surface area contributed by atoms with Crippen LogP contribution in [0, 0.1) is 64.2 Å². The van der Waals surface area contributed by atoms with Gasteiger partial charge in [0.1, 0.15) is 5.60 Å². The second-order valence-electron chi connectivity index (χ2n) is 17.5. The summed E-state index contributed by atoms with van der Waals surface area (Å²) in [5.41, 5.74) is 6.45. The van der Waals surface area contributed by atoms with Gasteiger partial charge in [0, 0.05) is 24.6 Å². The maximum absolute atomic E-state index is 12.5. The van der Waals surface area contributed by atoms with Crippen LogP contribution in [-0.2, 0) is 20.5 Å². The van der Waals surface area contributed by atoms with Crippen LogP contribution in [0.15, 0.2) is 48.5 Å². The maximum Gasteiger partial charge on any atom is 0.314 e. The van der Waals surface area contributed by atoms with E-state index >= 15 is 0 Å². The van der Waals surface area contributed by atoms with Gasteiger partial charge in [-0.25, -0.2) is 0 Å². The van der Waals surface area contributed by atoms with E-state index in [1.54, 1.807) is 20.8 Å². The molecule has 0 amide bonds. The molecule has 3 aromatic rings. The van der Waals surface area contributed by atoms with Crippen LogP contribution in [0.3, 0.4) is 0 Å². The summed E-state index contributed by atoms with van der Waals surface area (Å²) in [4.78, 5) is 15.1. The highest BCUT2D eigenvalue weighted by Gasteiger charge is 2.63. The number of ether oxygens (including phenoxy) is 1. The Kier molecular flexibility index (Phi) is 10.8. The van der Waals surface area contributed by atoms with Crippen LogP contribution in [0.25, 0.3) is 0 Å². The summed E-state index contributed by atoms with van der Waals surface area (Å²) in [6.07, 6.45) is 0.393. The van der Waals surface area contributed by atoms with Gasteiger partial charge in [0.2, 0.25) is 0 Å². The van der Waals surface area contributed by atoms with Crippen molar-refractivity contribution in [2.45, 2.75) is 146 Å². The SMILES string of the molecule is [2H]c1c([2H])c(C(C)(C(=O)O)C(C)C)c([2H])c(C)c1C(O)C(C)CC(C)N1CCC(C)(C(OC)(c2cccc(C)c2C)c2ccc(C)c(C)c2C)C(C)(C)C1C. The molecule has 0 radical (unpaired) electrons. The third kappa shape index (κ3) is 6.47. The molecule has 0 bridgehead atoms. The van der Waals surface area contributed by atoms with Crippen LogP contribution < -0.4 is 0 Å². The summed E-state index contributed by atoms with van der Waals surface area (Å²) in [6.45, 7) is 32.2. The second-order valence-corrected chi connectivity index (χ2v) is 17.5. The number of carboxylic acids is 1. The Morgan fingerprint density at radius 3 is 2.12 bits per heavy atom. The number of aliphatic hydroxyl groups is 1. The van der Waals surface area contributed by atoms with E-state index in [9.17, 15) is 15.0 Å². The molecule has 1 aliphatic rings. The molecular formula is C47H69NO4. The Morgan fingerprint density at radius 2 is 1.54 bits per heavy atom. The molecule has 4 rings (SSSR count). The second kappa shape index (κ2) is 15.0. The fourth-order valence-corrected chi connectivity index (χ4v) is 9.43. The van der Waals surface area contributed by atoms with Gasteiger partial charge < -0.3 is 14.9 Å². The highest BCUT2D eigenvalue weighted by molar-refractivity contribution is 5.81. The van der Waals surface area contributed by atoms with Crippen molar-refractivity contribution in [3.8, 4) is 0 Å². The molecule has 0 spiro atoms. The lowest BCUT2D eigenvalue weighted by molar-refractivity contribution is -0.192. The van der Waals surface area contributed by atoms with Crippen LogP contribution in [0.4, 0.5) is 0 Å². The van der Waals surface area contributed by atoms with E-state index in [0.717, 1.165) is 13.0 Å². The Hall–Kier alpha value is -2.99. The number of hydrogen-bond donors (Lipinski definition) is 2. The molecule has 0 saturated carbocycles. The number of piperidine rings is 1. The summed E-state index contributed by atoms with van der Waals surface area (Å²) >= 11 is 0. The minimum Gasteiger partial charge on any atom is -0.481 e. The van der Waals surface area contributed by atoms with Crippen molar-refractivity contribution >= 4 is 5.97 Å². The molecule has 52 heavy (non-hydrogen) atoms. The molecular weight excluding hydrogens is 643 g/mol. The summed E-state index contributed by atoms with van der Waals surface area (Å²) in [5.74, 6) is -1.84. The maximum atomic E-state index is 12.5. The van der Waals surface area contributed by atoms with Crippen molar-refractivity contribution in [1.29, 1.82) is 0 Å². The van der Waals surface area contributed by atoms with Crippen LogP contribution in [0.5, 0.6) is 0 Å². The van der Waals surface area contributed by atoms with Crippen molar-refractivity contribution in [3.05, 3.63) is 104 Å². The molecule has 2 N–H and O–H groups in total. The Labute approximate surface area is 320 Å². The summed E-state index contributed by atoms with van der Waals surface area (Å²) in [7, 11) is 1.88. The average Bonchev–Trinajstić information content (AvgIpc) is 3.11. The molecule has 5 nitrogen and oxygen atoms in total. The number of benzene rings is 3. The van der Waals surface area contributed by atoms with Gasteiger partial charge in [-0.05, 0) is 155 Å². The first-order chi connectivity index (χ1) is 25.3. The van der Waals surface area contributed by atoms with Gasteiger partial charge in [0.05, 0.1) is 15.6 Å².